The van der Waals surface area contributed by atoms with E-state index in [1.807, 2.05) is 21.9 Å². The zero-order chi connectivity index (χ0) is 21.0. The van der Waals surface area contributed by atoms with Gasteiger partial charge in [-0.25, -0.2) is 4.79 Å². The van der Waals surface area contributed by atoms with Gasteiger partial charge in [-0.3, -0.25) is 15.0 Å². The Morgan fingerprint density at radius 2 is 1.93 bits per heavy atom. The Hall–Kier alpha value is -3.15. The molecule has 1 fully saturated rings. The maximum atomic E-state index is 12.5. The number of nitro benzene ring substituents is 1. The largest absolute Gasteiger partial charge is 0.468 e. The van der Waals surface area contributed by atoms with E-state index in [-0.39, 0.29) is 11.3 Å². The first-order chi connectivity index (χ1) is 14.0. The van der Waals surface area contributed by atoms with Gasteiger partial charge in [-0.15, -0.1) is 0 Å². The number of hydrogen-bond acceptors (Lipinski definition) is 7. The van der Waals surface area contributed by atoms with Crippen LogP contribution in [0.2, 0.25) is 5.02 Å². The fraction of sp³-hybridized carbons (Fsp3) is 0.300. The highest BCUT2D eigenvalue weighted by molar-refractivity contribution is 6.31. The number of hydrogen-bond donors (Lipinski definition) is 0. The third kappa shape index (κ3) is 4.31. The van der Waals surface area contributed by atoms with Crippen molar-refractivity contribution in [2.45, 2.75) is 6.04 Å². The number of anilines is 1. The second kappa shape index (κ2) is 8.90. The van der Waals surface area contributed by atoms with Crippen LogP contribution in [0.15, 0.2) is 42.5 Å². The highest BCUT2D eigenvalue weighted by Crippen LogP contribution is 2.33. The van der Waals surface area contributed by atoms with Crippen molar-refractivity contribution in [2.75, 3.05) is 38.2 Å². The lowest BCUT2D eigenvalue weighted by Gasteiger charge is -2.39. The summed E-state index contributed by atoms with van der Waals surface area (Å²) in [6.45, 7) is 1.93. The summed E-state index contributed by atoms with van der Waals surface area (Å²) in [6.07, 6.45) is 0. The fourth-order valence-electron chi connectivity index (χ4n) is 3.51. The topological polar surface area (TPSA) is 99.7 Å². The van der Waals surface area contributed by atoms with Gasteiger partial charge in [0.2, 0.25) is 0 Å². The monoisotopic (exact) mass is 414 g/mol. The number of carbonyl (C=O) groups is 1. The molecule has 1 atom stereocenters. The van der Waals surface area contributed by atoms with Crippen molar-refractivity contribution in [3.05, 3.63) is 68.7 Å². The molecular formula is C20H19ClN4O4. The molecule has 150 valence electrons. The highest BCUT2D eigenvalue weighted by Gasteiger charge is 2.33. The molecule has 29 heavy (non-hydrogen) atoms. The number of carbonyl (C=O) groups excluding carboxylic acids is 1. The number of nitrogens with zero attached hydrogens (tertiary/aromatic N) is 4. The van der Waals surface area contributed by atoms with Crippen LogP contribution < -0.4 is 4.90 Å². The molecule has 9 heteroatoms. The Labute approximate surface area is 173 Å². The number of halogens is 1. The summed E-state index contributed by atoms with van der Waals surface area (Å²) in [4.78, 5) is 27.3. The second-order valence-corrected chi connectivity index (χ2v) is 6.95. The summed E-state index contributed by atoms with van der Waals surface area (Å²) in [7, 11) is 1.34. The van der Waals surface area contributed by atoms with Crippen molar-refractivity contribution in [1.29, 1.82) is 5.26 Å². The number of ether oxygens (including phenoxy) is 1. The third-order valence-electron chi connectivity index (χ3n) is 4.95. The minimum Gasteiger partial charge on any atom is -0.468 e. The number of nitriles is 1. The predicted octanol–water partition coefficient (Wildman–Crippen LogP) is 3.16. The molecule has 1 heterocycles. The average molecular weight is 415 g/mol. The summed E-state index contributed by atoms with van der Waals surface area (Å²) in [6, 6.07) is 12.8. The molecule has 2 aromatic carbocycles. The lowest BCUT2D eigenvalue weighted by molar-refractivity contribution is -0.384. The van der Waals surface area contributed by atoms with E-state index in [2.05, 4.69) is 0 Å². The normalized spacial score (nSPS) is 15.4. The quantitative estimate of drug-likeness (QED) is 0.421. The van der Waals surface area contributed by atoms with Crippen LogP contribution in [-0.4, -0.2) is 49.1 Å². The summed E-state index contributed by atoms with van der Waals surface area (Å²) >= 11 is 6.30. The molecule has 0 radical (unpaired) electrons. The molecule has 0 amide bonds. The Bertz CT molecular complexity index is 967. The predicted molar refractivity (Wildman–Crippen MR) is 108 cm³/mol. The van der Waals surface area contributed by atoms with Crippen LogP contribution >= 0.6 is 11.6 Å². The first-order valence-electron chi connectivity index (χ1n) is 8.96. The van der Waals surface area contributed by atoms with Crippen LogP contribution in [0, 0.1) is 21.4 Å². The van der Waals surface area contributed by atoms with Crippen molar-refractivity contribution >= 4 is 28.9 Å². The Morgan fingerprint density at radius 3 is 2.52 bits per heavy atom. The Kier molecular flexibility index (Phi) is 6.32. The van der Waals surface area contributed by atoms with E-state index in [0.29, 0.717) is 42.5 Å². The molecule has 0 bridgehead atoms. The van der Waals surface area contributed by atoms with E-state index in [9.17, 15) is 14.9 Å². The van der Waals surface area contributed by atoms with Gasteiger partial charge in [0.15, 0.2) is 0 Å². The van der Waals surface area contributed by atoms with Gasteiger partial charge in [0.1, 0.15) is 11.7 Å². The number of nitro groups is 1. The van der Waals surface area contributed by atoms with E-state index in [0.717, 1.165) is 0 Å². The van der Waals surface area contributed by atoms with Gasteiger partial charge in [0.25, 0.3) is 5.69 Å². The van der Waals surface area contributed by atoms with Gasteiger partial charge < -0.3 is 9.64 Å². The highest BCUT2D eigenvalue weighted by atomic mass is 35.5. The van der Waals surface area contributed by atoms with Crippen molar-refractivity contribution in [3.63, 3.8) is 0 Å². The second-order valence-electron chi connectivity index (χ2n) is 6.54. The van der Waals surface area contributed by atoms with Crippen LogP contribution in [0.3, 0.4) is 0 Å². The molecule has 8 nitrogen and oxygen atoms in total. The van der Waals surface area contributed by atoms with Gasteiger partial charge in [-0.05, 0) is 23.8 Å². The molecule has 1 aliphatic heterocycles. The Balaban J connectivity index is 1.82. The molecule has 0 spiro atoms. The SMILES string of the molecule is COC(=O)[C@H](c1ccccc1Cl)N1CCN(c2ccc(C#N)cc2[N+](=O)[O-])CC1. The van der Waals surface area contributed by atoms with E-state index in [4.69, 9.17) is 21.6 Å². The van der Waals surface area contributed by atoms with Crippen LogP contribution in [0.25, 0.3) is 0 Å². The van der Waals surface area contributed by atoms with Crippen LogP contribution in [0.1, 0.15) is 17.2 Å². The number of benzene rings is 2. The average Bonchev–Trinajstić information content (AvgIpc) is 2.75. The molecule has 0 aliphatic carbocycles. The van der Waals surface area contributed by atoms with E-state index < -0.39 is 16.9 Å². The molecule has 1 aliphatic rings. The first kappa shape index (κ1) is 20.6. The van der Waals surface area contributed by atoms with Crippen molar-refractivity contribution in [2.24, 2.45) is 0 Å². The van der Waals surface area contributed by atoms with Gasteiger partial charge in [0.05, 0.1) is 23.7 Å². The van der Waals surface area contributed by atoms with Gasteiger partial charge in [0, 0.05) is 37.3 Å². The molecule has 0 unspecified atom stereocenters. The fourth-order valence-corrected chi connectivity index (χ4v) is 3.75. The van der Waals surface area contributed by atoms with Crippen LogP contribution in [0.4, 0.5) is 11.4 Å². The number of esters is 1. The molecule has 0 aromatic heterocycles. The number of piperazine rings is 1. The van der Waals surface area contributed by atoms with Gasteiger partial charge in [-0.1, -0.05) is 29.8 Å². The smallest absolute Gasteiger partial charge is 0.327 e. The van der Waals surface area contributed by atoms with Gasteiger partial charge in [-0.2, -0.15) is 5.26 Å². The molecule has 2 aromatic rings. The van der Waals surface area contributed by atoms with E-state index in [1.54, 1.807) is 30.3 Å². The van der Waals surface area contributed by atoms with Gasteiger partial charge >= 0.3 is 5.97 Å². The molecule has 0 N–H and O–H groups in total. The number of methoxy groups -OCH3 is 1. The summed E-state index contributed by atoms with van der Waals surface area (Å²) in [5, 5.41) is 20.9. The zero-order valence-electron chi connectivity index (χ0n) is 15.7. The van der Waals surface area contributed by atoms with Crippen molar-refractivity contribution in [3.8, 4) is 6.07 Å². The van der Waals surface area contributed by atoms with Crippen LogP contribution in [0.5, 0.6) is 0 Å². The molecule has 3 rings (SSSR count). The summed E-state index contributed by atoms with van der Waals surface area (Å²) in [5.41, 5.74) is 1.26. The third-order valence-corrected chi connectivity index (χ3v) is 5.29. The molecule has 1 saturated heterocycles. The first-order valence-corrected chi connectivity index (χ1v) is 9.34. The van der Waals surface area contributed by atoms with Crippen molar-refractivity contribution in [1.82, 2.24) is 4.90 Å². The lowest BCUT2D eigenvalue weighted by atomic mass is 10.0. The van der Waals surface area contributed by atoms with Crippen molar-refractivity contribution < 1.29 is 14.5 Å². The standard InChI is InChI=1S/C20H19ClN4O4/c1-29-20(26)19(15-4-2-3-5-16(15)21)24-10-8-23(9-11-24)17-7-6-14(13-22)12-18(17)25(27)28/h2-7,12,19H,8-11H2,1H3/t19-/m0/s1. The summed E-state index contributed by atoms with van der Waals surface area (Å²) < 4.78 is 4.99. The minimum atomic E-state index is -0.646. The Morgan fingerprint density at radius 1 is 1.24 bits per heavy atom. The molecular weight excluding hydrogens is 396 g/mol. The van der Waals surface area contributed by atoms with Crippen LogP contribution in [-0.2, 0) is 9.53 Å². The maximum Gasteiger partial charge on any atom is 0.327 e. The lowest BCUT2D eigenvalue weighted by Crippen LogP contribution is -2.49. The van der Waals surface area contributed by atoms with E-state index in [1.165, 1.54) is 13.2 Å². The summed E-state index contributed by atoms with van der Waals surface area (Å²) in [5.74, 6) is -0.407. The number of rotatable bonds is 5. The minimum absolute atomic E-state index is 0.104. The van der Waals surface area contributed by atoms with E-state index >= 15 is 0 Å². The zero-order valence-corrected chi connectivity index (χ0v) is 16.5. The molecule has 0 saturated carbocycles. The maximum absolute atomic E-state index is 12.5.